The van der Waals surface area contributed by atoms with Crippen LogP contribution >= 0.6 is 23.4 Å². The lowest BCUT2D eigenvalue weighted by atomic mass is 10.1. The standard InChI is InChI=1S/C22H19ClN2S/c1-16(18-8-4-3-5-9-18)24-25-17(2)21-10-6-7-11-22(21)26-20-14-12-19(23)13-15-20/h3-15H,1-2H3/b24-16+,25-17+. The average Bonchev–Trinajstić information content (AvgIpc) is 2.68. The van der Waals surface area contributed by atoms with E-state index in [-0.39, 0.29) is 0 Å². The quantitative estimate of drug-likeness (QED) is 0.357. The SMILES string of the molecule is C/C(=N\N=C(/C)c1ccccc1Sc1ccc(Cl)cc1)c1ccccc1. The van der Waals surface area contributed by atoms with Crippen LogP contribution in [0.5, 0.6) is 0 Å². The second-order valence-electron chi connectivity index (χ2n) is 5.79. The third-order valence-electron chi connectivity index (χ3n) is 3.86. The van der Waals surface area contributed by atoms with Gasteiger partial charge in [0.2, 0.25) is 0 Å². The number of hydrogen-bond donors (Lipinski definition) is 0. The molecule has 0 N–H and O–H groups in total. The van der Waals surface area contributed by atoms with Gasteiger partial charge in [-0.25, -0.2) is 0 Å². The lowest BCUT2D eigenvalue weighted by Gasteiger charge is -2.08. The summed E-state index contributed by atoms with van der Waals surface area (Å²) in [5.41, 5.74) is 3.94. The van der Waals surface area contributed by atoms with Gasteiger partial charge in [0, 0.05) is 20.4 Å². The van der Waals surface area contributed by atoms with Gasteiger partial charge in [-0.05, 0) is 49.7 Å². The number of halogens is 1. The van der Waals surface area contributed by atoms with Crippen LogP contribution in [0.1, 0.15) is 25.0 Å². The highest BCUT2D eigenvalue weighted by molar-refractivity contribution is 7.99. The average molecular weight is 379 g/mol. The summed E-state index contributed by atoms with van der Waals surface area (Å²) in [6.07, 6.45) is 0. The molecule has 0 unspecified atom stereocenters. The molecule has 0 saturated carbocycles. The molecule has 0 aliphatic heterocycles. The minimum absolute atomic E-state index is 0.742. The molecule has 3 rings (SSSR count). The second kappa shape index (κ2) is 8.84. The molecule has 0 heterocycles. The van der Waals surface area contributed by atoms with Gasteiger partial charge in [0.15, 0.2) is 0 Å². The van der Waals surface area contributed by atoms with Gasteiger partial charge in [-0.15, -0.1) is 0 Å². The van der Waals surface area contributed by atoms with Crippen molar-refractivity contribution in [3.05, 3.63) is 95.0 Å². The fourth-order valence-electron chi connectivity index (χ4n) is 2.43. The first-order chi connectivity index (χ1) is 12.6. The van der Waals surface area contributed by atoms with Crippen LogP contribution in [0, 0.1) is 0 Å². The number of benzene rings is 3. The molecule has 0 saturated heterocycles. The van der Waals surface area contributed by atoms with Crippen molar-refractivity contribution in [2.24, 2.45) is 10.2 Å². The van der Waals surface area contributed by atoms with Gasteiger partial charge in [0.05, 0.1) is 11.4 Å². The Morgan fingerprint density at radius 2 is 1.35 bits per heavy atom. The number of hydrogen-bond acceptors (Lipinski definition) is 3. The molecule has 26 heavy (non-hydrogen) atoms. The first-order valence-corrected chi connectivity index (χ1v) is 9.50. The summed E-state index contributed by atoms with van der Waals surface area (Å²) in [5, 5.41) is 9.61. The second-order valence-corrected chi connectivity index (χ2v) is 7.34. The predicted octanol–water partition coefficient (Wildman–Crippen LogP) is 6.72. The van der Waals surface area contributed by atoms with Crippen molar-refractivity contribution in [1.29, 1.82) is 0 Å². The molecule has 0 amide bonds. The predicted molar refractivity (Wildman–Crippen MR) is 113 cm³/mol. The van der Waals surface area contributed by atoms with E-state index in [0.717, 1.165) is 37.4 Å². The van der Waals surface area contributed by atoms with Crippen molar-refractivity contribution in [2.75, 3.05) is 0 Å². The largest absolute Gasteiger partial charge is 0.155 e. The van der Waals surface area contributed by atoms with Gasteiger partial charge < -0.3 is 0 Å². The zero-order chi connectivity index (χ0) is 18.4. The molecule has 0 bridgehead atoms. The normalized spacial score (nSPS) is 12.3. The van der Waals surface area contributed by atoms with E-state index in [0.29, 0.717) is 0 Å². The zero-order valence-corrected chi connectivity index (χ0v) is 16.3. The molecule has 2 nitrogen and oxygen atoms in total. The number of rotatable bonds is 5. The van der Waals surface area contributed by atoms with Crippen molar-refractivity contribution < 1.29 is 0 Å². The fourth-order valence-corrected chi connectivity index (χ4v) is 3.55. The Kier molecular flexibility index (Phi) is 6.26. The molecule has 3 aromatic carbocycles. The van der Waals surface area contributed by atoms with E-state index >= 15 is 0 Å². The van der Waals surface area contributed by atoms with E-state index in [9.17, 15) is 0 Å². The third kappa shape index (κ3) is 4.84. The third-order valence-corrected chi connectivity index (χ3v) is 5.20. The lowest BCUT2D eigenvalue weighted by molar-refractivity contribution is 1.21. The van der Waals surface area contributed by atoms with Crippen LogP contribution in [-0.4, -0.2) is 11.4 Å². The van der Waals surface area contributed by atoms with Gasteiger partial charge in [-0.3, -0.25) is 0 Å². The van der Waals surface area contributed by atoms with Crippen LogP contribution in [0.25, 0.3) is 0 Å². The van der Waals surface area contributed by atoms with Crippen LogP contribution in [-0.2, 0) is 0 Å². The smallest absolute Gasteiger partial charge is 0.0683 e. The molecular weight excluding hydrogens is 360 g/mol. The van der Waals surface area contributed by atoms with E-state index in [1.165, 1.54) is 0 Å². The number of nitrogens with zero attached hydrogens (tertiary/aromatic N) is 2. The summed E-state index contributed by atoms with van der Waals surface area (Å²) in [5.74, 6) is 0. The molecule has 0 aliphatic carbocycles. The van der Waals surface area contributed by atoms with Gasteiger partial charge in [-0.2, -0.15) is 10.2 Å². The fraction of sp³-hybridized carbons (Fsp3) is 0.0909. The van der Waals surface area contributed by atoms with Crippen molar-refractivity contribution in [3.8, 4) is 0 Å². The minimum Gasteiger partial charge on any atom is -0.155 e. The van der Waals surface area contributed by atoms with Crippen molar-refractivity contribution in [3.63, 3.8) is 0 Å². The Bertz CT molecular complexity index is 932. The maximum atomic E-state index is 5.97. The summed E-state index contributed by atoms with van der Waals surface area (Å²) in [7, 11) is 0. The van der Waals surface area contributed by atoms with Gasteiger partial charge in [0.25, 0.3) is 0 Å². The lowest BCUT2D eigenvalue weighted by Crippen LogP contribution is -1.98. The molecule has 130 valence electrons. The molecule has 0 fully saturated rings. The summed E-state index contributed by atoms with van der Waals surface area (Å²) >= 11 is 7.67. The Balaban J connectivity index is 1.85. The van der Waals surface area contributed by atoms with Gasteiger partial charge in [-0.1, -0.05) is 71.9 Å². The minimum atomic E-state index is 0.742. The van der Waals surface area contributed by atoms with Gasteiger partial charge >= 0.3 is 0 Å². The molecule has 0 atom stereocenters. The summed E-state index contributed by atoms with van der Waals surface area (Å²) in [6.45, 7) is 3.96. The van der Waals surface area contributed by atoms with E-state index in [1.54, 1.807) is 11.8 Å². The Hall–Kier alpha value is -2.36. The molecule has 0 spiro atoms. The Morgan fingerprint density at radius 1 is 0.731 bits per heavy atom. The summed E-state index contributed by atoms with van der Waals surface area (Å²) in [4.78, 5) is 2.28. The van der Waals surface area contributed by atoms with E-state index < -0.39 is 0 Å². The first-order valence-electron chi connectivity index (χ1n) is 8.30. The van der Waals surface area contributed by atoms with Crippen molar-refractivity contribution >= 4 is 34.8 Å². The highest BCUT2D eigenvalue weighted by Crippen LogP contribution is 2.31. The van der Waals surface area contributed by atoms with Crippen molar-refractivity contribution in [2.45, 2.75) is 23.6 Å². The van der Waals surface area contributed by atoms with Crippen LogP contribution < -0.4 is 0 Å². The monoisotopic (exact) mass is 378 g/mol. The van der Waals surface area contributed by atoms with Gasteiger partial charge in [0.1, 0.15) is 0 Å². The molecular formula is C22H19ClN2S. The maximum absolute atomic E-state index is 5.97. The van der Waals surface area contributed by atoms with E-state index in [1.807, 2.05) is 80.6 Å². The molecule has 4 heteroatoms. The highest BCUT2D eigenvalue weighted by atomic mass is 35.5. The van der Waals surface area contributed by atoms with Crippen LogP contribution in [0.15, 0.2) is 98.9 Å². The Morgan fingerprint density at radius 3 is 2.08 bits per heavy atom. The van der Waals surface area contributed by atoms with E-state index in [2.05, 4.69) is 22.3 Å². The highest BCUT2D eigenvalue weighted by Gasteiger charge is 2.07. The molecule has 0 radical (unpaired) electrons. The first kappa shape index (κ1) is 18.4. The van der Waals surface area contributed by atoms with Crippen LogP contribution in [0.3, 0.4) is 0 Å². The summed E-state index contributed by atoms with van der Waals surface area (Å²) < 4.78 is 0. The van der Waals surface area contributed by atoms with Crippen molar-refractivity contribution in [1.82, 2.24) is 0 Å². The summed E-state index contributed by atoms with van der Waals surface area (Å²) in [6, 6.07) is 26.2. The molecule has 3 aromatic rings. The Labute approximate surface area is 163 Å². The van der Waals surface area contributed by atoms with Crippen LogP contribution in [0.2, 0.25) is 5.02 Å². The van der Waals surface area contributed by atoms with E-state index in [4.69, 9.17) is 11.6 Å². The van der Waals surface area contributed by atoms with Crippen LogP contribution in [0.4, 0.5) is 0 Å². The molecule has 0 aromatic heterocycles. The molecule has 0 aliphatic rings. The topological polar surface area (TPSA) is 24.7 Å². The zero-order valence-electron chi connectivity index (χ0n) is 14.7. The maximum Gasteiger partial charge on any atom is 0.0683 e.